The highest BCUT2D eigenvalue weighted by Gasteiger charge is 2.29. The molecule has 0 aromatic rings. The molecule has 5 heteroatoms. The second-order valence-corrected chi connectivity index (χ2v) is 5.54. The van der Waals surface area contributed by atoms with Crippen LogP contribution in [-0.4, -0.2) is 28.8 Å². The highest BCUT2D eigenvalue weighted by Crippen LogP contribution is 2.14. The molecule has 0 radical (unpaired) electrons. The SMILES string of the molecule is CC(C)[C@@H](NC(=O)OC(C)(C)C)[C@@H](C)C(=O)O. The van der Waals surface area contributed by atoms with Crippen molar-refractivity contribution in [3.63, 3.8) is 0 Å². The fourth-order valence-corrected chi connectivity index (χ4v) is 1.47. The predicted molar refractivity (Wildman–Crippen MR) is 64.8 cm³/mol. The number of carboxylic acid groups (broad SMARTS) is 1. The zero-order valence-electron chi connectivity index (χ0n) is 11.4. The number of hydrogen-bond acceptors (Lipinski definition) is 3. The van der Waals surface area contributed by atoms with Gasteiger partial charge in [0.1, 0.15) is 5.60 Å². The zero-order chi connectivity index (χ0) is 13.8. The van der Waals surface area contributed by atoms with E-state index < -0.39 is 29.6 Å². The van der Waals surface area contributed by atoms with Crippen LogP contribution in [0.2, 0.25) is 0 Å². The molecule has 0 aromatic heterocycles. The van der Waals surface area contributed by atoms with Gasteiger partial charge in [0.05, 0.1) is 5.92 Å². The Morgan fingerprint density at radius 3 is 1.94 bits per heavy atom. The molecule has 0 aliphatic heterocycles. The van der Waals surface area contributed by atoms with E-state index in [-0.39, 0.29) is 5.92 Å². The summed E-state index contributed by atoms with van der Waals surface area (Å²) in [5.74, 6) is -1.56. The van der Waals surface area contributed by atoms with Crippen molar-refractivity contribution >= 4 is 12.1 Å². The fraction of sp³-hybridized carbons (Fsp3) is 0.833. The van der Waals surface area contributed by atoms with Crippen molar-refractivity contribution in [2.75, 3.05) is 0 Å². The summed E-state index contributed by atoms with van der Waals surface area (Å²) >= 11 is 0. The van der Waals surface area contributed by atoms with Crippen LogP contribution in [0.1, 0.15) is 41.5 Å². The van der Waals surface area contributed by atoms with Crippen LogP contribution < -0.4 is 5.32 Å². The highest BCUT2D eigenvalue weighted by atomic mass is 16.6. The molecule has 0 heterocycles. The number of carbonyl (C=O) groups excluding carboxylic acids is 1. The van der Waals surface area contributed by atoms with Gasteiger partial charge in [0.15, 0.2) is 0 Å². The first kappa shape index (κ1) is 15.7. The topological polar surface area (TPSA) is 75.6 Å². The maximum Gasteiger partial charge on any atom is 0.407 e. The summed E-state index contributed by atoms with van der Waals surface area (Å²) in [5.41, 5.74) is -0.585. The van der Waals surface area contributed by atoms with E-state index in [1.165, 1.54) is 0 Å². The van der Waals surface area contributed by atoms with Crippen LogP contribution >= 0.6 is 0 Å². The third kappa shape index (κ3) is 6.14. The first-order chi connectivity index (χ1) is 7.54. The van der Waals surface area contributed by atoms with Gasteiger partial charge in [-0.15, -0.1) is 0 Å². The first-order valence-corrected chi connectivity index (χ1v) is 5.77. The Morgan fingerprint density at radius 2 is 1.65 bits per heavy atom. The maximum absolute atomic E-state index is 11.6. The lowest BCUT2D eigenvalue weighted by Crippen LogP contribution is -2.47. The number of rotatable bonds is 4. The number of hydrogen-bond donors (Lipinski definition) is 2. The summed E-state index contributed by atoms with van der Waals surface area (Å²) in [6.07, 6.45) is -0.579. The molecule has 17 heavy (non-hydrogen) atoms. The third-order valence-corrected chi connectivity index (χ3v) is 2.33. The normalized spacial score (nSPS) is 15.2. The summed E-state index contributed by atoms with van der Waals surface area (Å²) in [6, 6.07) is -0.442. The minimum atomic E-state index is -0.931. The average Bonchev–Trinajstić information content (AvgIpc) is 2.09. The predicted octanol–water partition coefficient (Wildman–Crippen LogP) is 2.26. The lowest BCUT2D eigenvalue weighted by Gasteiger charge is -2.28. The van der Waals surface area contributed by atoms with Crippen molar-refractivity contribution in [2.45, 2.75) is 53.2 Å². The van der Waals surface area contributed by atoms with Gasteiger partial charge in [-0.05, 0) is 33.6 Å². The Bertz CT molecular complexity index is 281. The molecule has 0 saturated carbocycles. The van der Waals surface area contributed by atoms with E-state index >= 15 is 0 Å². The van der Waals surface area contributed by atoms with Gasteiger partial charge in [0, 0.05) is 6.04 Å². The molecule has 0 unspecified atom stereocenters. The molecule has 0 aliphatic rings. The lowest BCUT2D eigenvalue weighted by molar-refractivity contribution is -0.142. The minimum absolute atomic E-state index is 0.0219. The van der Waals surface area contributed by atoms with E-state index in [9.17, 15) is 9.59 Å². The van der Waals surface area contributed by atoms with Crippen LogP contribution in [-0.2, 0) is 9.53 Å². The largest absolute Gasteiger partial charge is 0.481 e. The monoisotopic (exact) mass is 245 g/mol. The summed E-state index contributed by atoms with van der Waals surface area (Å²) in [5, 5.41) is 11.6. The van der Waals surface area contributed by atoms with Crippen molar-refractivity contribution in [2.24, 2.45) is 11.8 Å². The molecule has 0 saturated heterocycles. The van der Waals surface area contributed by atoms with E-state index in [4.69, 9.17) is 9.84 Å². The van der Waals surface area contributed by atoms with E-state index in [2.05, 4.69) is 5.32 Å². The number of ether oxygens (including phenoxy) is 1. The summed E-state index contributed by atoms with van der Waals surface area (Å²) in [6.45, 7) is 10.6. The second kappa shape index (κ2) is 5.89. The molecular weight excluding hydrogens is 222 g/mol. The smallest absolute Gasteiger partial charge is 0.407 e. The van der Waals surface area contributed by atoms with Crippen molar-refractivity contribution < 1.29 is 19.4 Å². The molecule has 0 fully saturated rings. The first-order valence-electron chi connectivity index (χ1n) is 5.77. The zero-order valence-corrected chi connectivity index (χ0v) is 11.4. The number of amides is 1. The van der Waals surface area contributed by atoms with Gasteiger partial charge in [-0.25, -0.2) is 4.79 Å². The van der Waals surface area contributed by atoms with Crippen molar-refractivity contribution in [1.82, 2.24) is 5.32 Å². The molecule has 2 N–H and O–H groups in total. The molecule has 0 rings (SSSR count). The van der Waals surface area contributed by atoms with Crippen LogP contribution in [0, 0.1) is 11.8 Å². The van der Waals surface area contributed by atoms with Crippen LogP contribution in [0.4, 0.5) is 4.79 Å². The number of nitrogens with one attached hydrogen (secondary N) is 1. The average molecular weight is 245 g/mol. The molecule has 0 aliphatic carbocycles. The molecule has 0 spiro atoms. The third-order valence-electron chi connectivity index (χ3n) is 2.33. The van der Waals surface area contributed by atoms with Gasteiger partial charge in [-0.1, -0.05) is 13.8 Å². The van der Waals surface area contributed by atoms with Gasteiger partial charge in [0.2, 0.25) is 0 Å². The molecule has 1 amide bonds. The summed E-state index contributed by atoms with van der Waals surface area (Å²) in [4.78, 5) is 22.5. The van der Waals surface area contributed by atoms with Crippen LogP contribution in [0.5, 0.6) is 0 Å². The fourth-order valence-electron chi connectivity index (χ4n) is 1.47. The maximum atomic E-state index is 11.6. The quantitative estimate of drug-likeness (QED) is 0.796. The van der Waals surface area contributed by atoms with Gasteiger partial charge < -0.3 is 15.2 Å². The summed E-state index contributed by atoms with van der Waals surface area (Å²) in [7, 11) is 0. The molecular formula is C12H23NO4. The second-order valence-electron chi connectivity index (χ2n) is 5.54. The number of alkyl carbamates (subject to hydrolysis) is 1. The van der Waals surface area contributed by atoms with Crippen molar-refractivity contribution in [1.29, 1.82) is 0 Å². The van der Waals surface area contributed by atoms with Gasteiger partial charge in [-0.2, -0.15) is 0 Å². The molecule has 0 bridgehead atoms. The Balaban J connectivity index is 4.57. The summed E-state index contributed by atoms with van der Waals surface area (Å²) < 4.78 is 5.11. The van der Waals surface area contributed by atoms with Gasteiger partial charge in [-0.3, -0.25) is 4.79 Å². The van der Waals surface area contributed by atoms with Crippen LogP contribution in [0.15, 0.2) is 0 Å². The molecule has 2 atom stereocenters. The Kier molecular flexibility index (Phi) is 5.45. The lowest BCUT2D eigenvalue weighted by atomic mass is 9.92. The number of carboxylic acids is 1. The van der Waals surface area contributed by atoms with E-state index in [0.717, 1.165) is 0 Å². The van der Waals surface area contributed by atoms with E-state index in [0.29, 0.717) is 0 Å². The van der Waals surface area contributed by atoms with Crippen LogP contribution in [0.25, 0.3) is 0 Å². The van der Waals surface area contributed by atoms with Crippen molar-refractivity contribution in [3.8, 4) is 0 Å². The van der Waals surface area contributed by atoms with Crippen LogP contribution in [0.3, 0.4) is 0 Å². The molecule has 5 nitrogen and oxygen atoms in total. The van der Waals surface area contributed by atoms with Crippen molar-refractivity contribution in [3.05, 3.63) is 0 Å². The van der Waals surface area contributed by atoms with Gasteiger partial charge in [0.25, 0.3) is 0 Å². The Hall–Kier alpha value is -1.26. The van der Waals surface area contributed by atoms with E-state index in [1.807, 2.05) is 13.8 Å². The number of carbonyl (C=O) groups is 2. The molecule has 0 aromatic carbocycles. The Labute approximate surface area is 103 Å². The Morgan fingerprint density at radius 1 is 1.18 bits per heavy atom. The van der Waals surface area contributed by atoms with E-state index in [1.54, 1.807) is 27.7 Å². The standard InChI is InChI=1S/C12H23NO4/c1-7(2)9(8(3)10(14)15)13-11(16)17-12(4,5)6/h7-9H,1-6H3,(H,13,16)(H,14,15)/t8-,9-/m1/s1. The minimum Gasteiger partial charge on any atom is -0.481 e. The molecule has 100 valence electrons. The van der Waals surface area contributed by atoms with Gasteiger partial charge >= 0.3 is 12.1 Å². The number of aliphatic carboxylic acids is 1. The highest BCUT2D eigenvalue weighted by molar-refractivity contribution is 5.73.